The third kappa shape index (κ3) is 4.43. The van der Waals surface area contributed by atoms with Gasteiger partial charge >= 0.3 is 0 Å². The summed E-state index contributed by atoms with van der Waals surface area (Å²) in [6.45, 7) is 5.68. The van der Waals surface area contributed by atoms with E-state index in [0.29, 0.717) is 34.1 Å². The molecule has 1 aromatic carbocycles. The number of amides is 1. The highest BCUT2D eigenvalue weighted by Gasteiger charge is 2.20. The van der Waals surface area contributed by atoms with E-state index in [1.807, 2.05) is 11.5 Å². The fraction of sp³-hybridized carbons (Fsp3) is 0.438. The van der Waals surface area contributed by atoms with Gasteiger partial charge < -0.3 is 15.0 Å². The van der Waals surface area contributed by atoms with E-state index < -0.39 is 0 Å². The number of aromatic nitrogens is 3. The third-order valence-electron chi connectivity index (χ3n) is 3.87. The first kappa shape index (κ1) is 19.3. The Balaban J connectivity index is 1.64. The molecule has 1 saturated heterocycles. The molecule has 10 heteroatoms. The molecule has 3 rings (SSSR count). The number of anilines is 2. The molecule has 0 saturated carbocycles. The highest BCUT2D eigenvalue weighted by atomic mass is 35.5. The van der Waals surface area contributed by atoms with E-state index in [0.717, 1.165) is 25.6 Å². The Morgan fingerprint density at radius 2 is 1.96 bits per heavy atom. The van der Waals surface area contributed by atoms with E-state index in [1.54, 1.807) is 18.2 Å². The zero-order valence-electron chi connectivity index (χ0n) is 14.2. The number of nitrogens with zero attached hydrogens (tertiary/aromatic N) is 4. The van der Waals surface area contributed by atoms with Gasteiger partial charge in [-0.25, -0.2) is 0 Å². The number of morpholine rings is 1. The molecule has 1 N–H and O–H groups in total. The number of carbonyl (C=O) groups excluding carboxylic acids is 1. The van der Waals surface area contributed by atoms with Gasteiger partial charge in [0.25, 0.3) is 0 Å². The van der Waals surface area contributed by atoms with Crippen molar-refractivity contribution in [3.63, 3.8) is 0 Å². The number of rotatable bonds is 6. The third-order valence-corrected chi connectivity index (χ3v) is 5.46. The quantitative estimate of drug-likeness (QED) is 0.730. The molecule has 7 nitrogen and oxygen atoms in total. The van der Waals surface area contributed by atoms with Crippen LogP contribution in [0.25, 0.3) is 0 Å². The largest absolute Gasteiger partial charge is 0.378 e. The van der Waals surface area contributed by atoms with Gasteiger partial charge in [0.05, 0.1) is 34.7 Å². The van der Waals surface area contributed by atoms with Crippen LogP contribution in [0.1, 0.15) is 6.92 Å². The summed E-state index contributed by atoms with van der Waals surface area (Å²) in [6.07, 6.45) is 0. The molecule has 1 fully saturated rings. The zero-order valence-corrected chi connectivity index (χ0v) is 16.6. The van der Waals surface area contributed by atoms with Crippen LogP contribution in [0.4, 0.5) is 11.6 Å². The summed E-state index contributed by atoms with van der Waals surface area (Å²) in [5, 5.41) is 12.8. The van der Waals surface area contributed by atoms with Crippen molar-refractivity contribution in [3.05, 3.63) is 28.2 Å². The van der Waals surface area contributed by atoms with Crippen LogP contribution in [0.15, 0.2) is 23.4 Å². The van der Waals surface area contributed by atoms with Crippen LogP contribution < -0.4 is 10.2 Å². The molecule has 0 unspecified atom stereocenters. The Labute approximate surface area is 166 Å². The maximum Gasteiger partial charge on any atom is 0.234 e. The Hall–Kier alpha value is -1.48. The number of carbonyl (C=O) groups is 1. The highest BCUT2D eigenvalue weighted by Crippen LogP contribution is 2.30. The number of benzene rings is 1. The molecule has 0 spiro atoms. The van der Waals surface area contributed by atoms with Gasteiger partial charge in [-0.3, -0.25) is 9.36 Å². The minimum absolute atomic E-state index is 0.183. The van der Waals surface area contributed by atoms with E-state index >= 15 is 0 Å². The molecular formula is C16H19Cl2N5O2S. The first-order chi connectivity index (χ1) is 12.6. The average molecular weight is 416 g/mol. The van der Waals surface area contributed by atoms with Gasteiger partial charge in [0.15, 0.2) is 5.16 Å². The van der Waals surface area contributed by atoms with E-state index in [4.69, 9.17) is 27.9 Å². The molecule has 2 aromatic rings. The minimum atomic E-state index is -0.205. The molecule has 0 aliphatic carbocycles. The lowest BCUT2D eigenvalue weighted by Crippen LogP contribution is -2.38. The van der Waals surface area contributed by atoms with Crippen LogP contribution in [-0.4, -0.2) is 52.7 Å². The summed E-state index contributed by atoms with van der Waals surface area (Å²) >= 11 is 13.5. The van der Waals surface area contributed by atoms with Gasteiger partial charge in [-0.15, -0.1) is 10.2 Å². The number of nitrogens with one attached hydrogen (secondary N) is 1. The van der Waals surface area contributed by atoms with Crippen LogP contribution in [-0.2, 0) is 16.1 Å². The lowest BCUT2D eigenvalue weighted by Gasteiger charge is -2.27. The normalized spacial score (nSPS) is 14.5. The van der Waals surface area contributed by atoms with E-state index in [-0.39, 0.29) is 11.7 Å². The summed E-state index contributed by atoms with van der Waals surface area (Å²) in [4.78, 5) is 14.4. The maximum absolute atomic E-state index is 12.3. The van der Waals surface area contributed by atoms with E-state index in [2.05, 4.69) is 20.4 Å². The van der Waals surface area contributed by atoms with Gasteiger partial charge in [-0.2, -0.15) is 0 Å². The van der Waals surface area contributed by atoms with E-state index in [9.17, 15) is 4.79 Å². The minimum Gasteiger partial charge on any atom is -0.378 e. The average Bonchev–Trinajstić information content (AvgIpc) is 3.07. The Morgan fingerprint density at radius 1 is 1.27 bits per heavy atom. The van der Waals surface area contributed by atoms with Crippen LogP contribution in [0, 0.1) is 0 Å². The monoisotopic (exact) mass is 415 g/mol. The molecule has 1 aromatic heterocycles. The summed E-state index contributed by atoms with van der Waals surface area (Å²) in [7, 11) is 0. The van der Waals surface area contributed by atoms with Gasteiger partial charge in [0.2, 0.25) is 11.9 Å². The van der Waals surface area contributed by atoms with Crippen molar-refractivity contribution < 1.29 is 9.53 Å². The molecule has 0 radical (unpaired) electrons. The molecule has 1 aliphatic heterocycles. The maximum atomic E-state index is 12.3. The number of hydrogen-bond acceptors (Lipinski definition) is 6. The molecule has 0 atom stereocenters. The van der Waals surface area contributed by atoms with Crippen LogP contribution in [0.2, 0.25) is 10.0 Å². The molecule has 1 aliphatic rings. The van der Waals surface area contributed by atoms with E-state index in [1.165, 1.54) is 11.8 Å². The van der Waals surface area contributed by atoms with Crippen LogP contribution in [0.5, 0.6) is 0 Å². The molecule has 0 bridgehead atoms. The zero-order chi connectivity index (χ0) is 18.5. The molecule has 2 heterocycles. The molecular weight excluding hydrogens is 397 g/mol. The number of thioether (sulfide) groups is 1. The second-order valence-electron chi connectivity index (χ2n) is 5.56. The lowest BCUT2D eigenvalue weighted by atomic mass is 10.3. The van der Waals surface area contributed by atoms with Crippen molar-refractivity contribution in [2.45, 2.75) is 18.6 Å². The lowest BCUT2D eigenvalue weighted by molar-refractivity contribution is -0.113. The number of halogens is 2. The second-order valence-corrected chi connectivity index (χ2v) is 7.32. The highest BCUT2D eigenvalue weighted by molar-refractivity contribution is 7.99. The summed E-state index contributed by atoms with van der Waals surface area (Å²) in [5.74, 6) is 0.791. The van der Waals surface area contributed by atoms with Gasteiger partial charge in [-0.05, 0) is 19.1 Å². The summed E-state index contributed by atoms with van der Waals surface area (Å²) in [5.41, 5.74) is 0.424. The number of ether oxygens (including phenoxy) is 1. The Morgan fingerprint density at radius 3 is 2.62 bits per heavy atom. The molecule has 140 valence electrons. The molecule has 26 heavy (non-hydrogen) atoms. The van der Waals surface area contributed by atoms with Crippen LogP contribution in [0.3, 0.4) is 0 Å². The molecule has 1 amide bonds. The van der Waals surface area contributed by atoms with Crippen molar-refractivity contribution in [3.8, 4) is 0 Å². The Kier molecular flexibility index (Phi) is 6.63. The second kappa shape index (κ2) is 8.94. The fourth-order valence-electron chi connectivity index (χ4n) is 2.58. The standard InChI is InChI=1S/C16H19Cl2N5O2S/c1-2-23-15(22-6-8-25-9-7-22)20-21-16(23)26-10-13(24)19-14-11(17)4-3-5-12(14)18/h3-5H,2,6-10H2,1H3,(H,19,24). The number of hydrogen-bond donors (Lipinski definition) is 1. The van der Waals surface area contributed by atoms with Gasteiger partial charge in [0.1, 0.15) is 0 Å². The fourth-order valence-corrected chi connectivity index (χ4v) is 3.87. The predicted molar refractivity (Wildman–Crippen MR) is 105 cm³/mol. The topological polar surface area (TPSA) is 72.3 Å². The van der Waals surface area contributed by atoms with Crippen LogP contribution >= 0.6 is 35.0 Å². The van der Waals surface area contributed by atoms with Gasteiger partial charge in [0, 0.05) is 19.6 Å². The van der Waals surface area contributed by atoms with Gasteiger partial charge in [-0.1, -0.05) is 41.0 Å². The van der Waals surface area contributed by atoms with Crippen molar-refractivity contribution in [2.75, 3.05) is 42.3 Å². The van der Waals surface area contributed by atoms with Crippen molar-refractivity contribution >= 4 is 52.5 Å². The smallest absolute Gasteiger partial charge is 0.234 e. The van der Waals surface area contributed by atoms with Crippen molar-refractivity contribution in [1.29, 1.82) is 0 Å². The summed E-state index contributed by atoms with van der Waals surface area (Å²) < 4.78 is 7.38. The first-order valence-electron chi connectivity index (χ1n) is 8.22. The van der Waals surface area contributed by atoms with Crippen molar-refractivity contribution in [2.24, 2.45) is 0 Å². The SMILES string of the molecule is CCn1c(SCC(=O)Nc2c(Cl)cccc2Cl)nnc1N1CCOCC1. The number of para-hydroxylation sites is 1. The predicted octanol–water partition coefficient (Wildman–Crippen LogP) is 3.17. The van der Waals surface area contributed by atoms with Crippen molar-refractivity contribution in [1.82, 2.24) is 14.8 Å². The summed E-state index contributed by atoms with van der Waals surface area (Å²) in [6, 6.07) is 5.09. The Bertz CT molecular complexity index is 760. The first-order valence-corrected chi connectivity index (χ1v) is 9.97.